The highest BCUT2D eigenvalue weighted by atomic mass is 16.5. The van der Waals surface area contributed by atoms with Crippen molar-refractivity contribution in [2.75, 3.05) is 134 Å². The first kappa shape index (κ1) is 26.2. The van der Waals surface area contributed by atoms with E-state index in [0.29, 0.717) is 5.65 Å². The number of aryl methyl sites for hydroxylation is 1. The minimum absolute atomic E-state index is 0.644. The van der Waals surface area contributed by atoms with Crippen LogP contribution in [-0.4, -0.2) is 158 Å². The van der Waals surface area contributed by atoms with E-state index < -0.39 is 0 Å². The summed E-state index contributed by atoms with van der Waals surface area (Å²) >= 11 is 0. The van der Waals surface area contributed by atoms with Crippen LogP contribution in [0.1, 0.15) is 5.69 Å². The van der Waals surface area contributed by atoms with Crippen molar-refractivity contribution in [2.24, 2.45) is 0 Å². The Balaban J connectivity index is 1.32. The number of fused-ring (bicyclic) bond motifs is 1. The third kappa shape index (κ3) is 6.94. The summed E-state index contributed by atoms with van der Waals surface area (Å²) in [7, 11) is 4.35. The zero-order valence-electron chi connectivity index (χ0n) is 22.7. The Labute approximate surface area is 220 Å². The molecule has 0 radical (unpaired) electrons. The lowest BCUT2D eigenvalue weighted by atomic mass is 10.3. The number of nitrogens with one attached hydrogen (secondary N) is 2. The molecule has 2 N–H and O–H groups in total. The monoisotopic (exact) mass is 513 g/mol. The topological polar surface area (TPSA) is 101 Å². The smallest absolute Gasteiger partial charge is 0.229 e. The first-order chi connectivity index (χ1) is 18.0. The standard InChI is InChI=1S/C25H43N11O/c1-20-22(26-4-7-35-16-18-37-19-17-35)29-24-21(28-20)23(27-5-6-34-12-8-32(2)9-13-34)30-25(31-24)36-14-10-33(3)11-15-36/h4-19H2,1-3H3,(H2,26,27,29,30,31). The fraction of sp³-hybridized carbons (Fsp3) is 0.760. The number of aromatic nitrogens is 4. The molecular weight excluding hydrogens is 470 g/mol. The molecule has 0 atom stereocenters. The molecule has 5 heterocycles. The average molecular weight is 514 g/mol. The summed E-state index contributed by atoms with van der Waals surface area (Å²) in [6.45, 7) is 17.4. The maximum absolute atomic E-state index is 5.46. The number of piperazine rings is 2. The maximum atomic E-state index is 5.46. The molecule has 3 saturated heterocycles. The molecule has 3 aliphatic rings. The van der Waals surface area contributed by atoms with E-state index in [1.807, 2.05) is 6.92 Å². The molecule has 0 aromatic carbocycles. The van der Waals surface area contributed by atoms with Crippen molar-refractivity contribution < 1.29 is 4.74 Å². The van der Waals surface area contributed by atoms with Gasteiger partial charge in [0.2, 0.25) is 5.95 Å². The van der Waals surface area contributed by atoms with Gasteiger partial charge in [-0.25, -0.2) is 9.97 Å². The molecule has 12 nitrogen and oxygen atoms in total. The van der Waals surface area contributed by atoms with E-state index >= 15 is 0 Å². The van der Waals surface area contributed by atoms with Gasteiger partial charge < -0.3 is 30.1 Å². The number of likely N-dealkylation sites (N-methyl/N-ethyl adjacent to an activating group) is 2. The Morgan fingerprint density at radius 3 is 1.95 bits per heavy atom. The summed E-state index contributed by atoms with van der Waals surface area (Å²) in [5.41, 5.74) is 2.26. The van der Waals surface area contributed by atoms with Crippen LogP contribution in [0.15, 0.2) is 0 Å². The quantitative estimate of drug-likeness (QED) is 0.468. The Morgan fingerprint density at radius 2 is 1.27 bits per heavy atom. The summed E-state index contributed by atoms with van der Waals surface area (Å²) in [5.74, 6) is 2.32. The van der Waals surface area contributed by atoms with Gasteiger partial charge >= 0.3 is 0 Å². The number of anilines is 3. The molecule has 0 unspecified atom stereocenters. The van der Waals surface area contributed by atoms with Gasteiger partial charge in [-0.1, -0.05) is 0 Å². The van der Waals surface area contributed by atoms with Gasteiger partial charge in [-0.05, 0) is 21.0 Å². The van der Waals surface area contributed by atoms with Gasteiger partial charge in [-0.3, -0.25) is 9.80 Å². The van der Waals surface area contributed by atoms with Crippen molar-refractivity contribution in [3.63, 3.8) is 0 Å². The molecule has 3 fully saturated rings. The first-order valence-electron chi connectivity index (χ1n) is 13.7. The molecule has 2 aromatic rings. The van der Waals surface area contributed by atoms with Crippen molar-refractivity contribution in [1.29, 1.82) is 0 Å². The fourth-order valence-corrected chi connectivity index (χ4v) is 5.02. The number of nitrogens with zero attached hydrogens (tertiary/aromatic N) is 9. The largest absolute Gasteiger partial charge is 0.379 e. The second-order valence-electron chi connectivity index (χ2n) is 10.4. The maximum Gasteiger partial charge on any atom is 0.229 e. The molecule has 2 aromatic heterocycles. The van der Waals surface area contributed by atoms with E-state index in [1.54, 1.807) is 0 Å². The van der Waals surface area contributed by atoms with E-state index in [-0.39, 0.29) is 0 Å². The van der Waals surface area contributed by atoms with Crippen LogP contribution in [0.4, 0.5) is 17.6 Å². The average Bonchev–Trinajstić information content (AvgIpc) is 2.91. The van der Waals surface area contributed by atoms with Crippen LogP contribution >= 0.6 is 0 Å². The highest BCUT2D eigenvalue weighted by Crippen LogP contribution is 2.24. The van der Waals surface area contributed by atoms with Gasteiger partial charge in [0.15, 0.2) is 17.0 Å². The predicted molar refractivity (Wildman–Crippen MR) is 148 cm³/mol. The molecule has 5 rings (SSSR count). The predicted octanol–water partition coefficient (Wildman–Crippen LogP) is -0.117. The van der Waals surface area contributed by atoms with Gasteiger partial charge in [-0.2, -0.15) is 9.97 Å². The molecular formula is C25H43N11O. The SMILES string of the molecule is Cc1nc2c(NCCN3CCN(C)CC3)nc(N3CCN(C)CC3)nc2nc1NCCN1CCOCC1. The van der Waals surface area contributed by atoms with Crippen LogP contribution in [-0.2, 0) is 4.74 Å². The first-order valence-corrected chi connectivity index (χ1v) is 13.7. The zero-order chi connectivity index (χ0) is 25.6. The number of hydrogen-bond donors (Lipinski definition) is 2. The molecule has 12 heteroatoms. The lowest BCUT2D eigenvalue weighted by molar-refractivity contribution is 0.0398. The molecule has 0 amide bonds. The fourth-order valence-electron chi connectivity index (χ4n) is 5.02. The van der Waals surface area contributed by atoms with Crippen LogP contribution in [0.2, 0.25) is 0 Å². The number of ether oxygens (including phenoxy) is 1. The van der Waals surface area contributed by atoms with Crippen LogP contribution in [0, 0.1) is 6.92 Å². The molecule has 3 aliphatic heterocycles. The van der Waals surface area contributed by atoms with Crippen LogP contribution in [0.5, 0.6) is 0 Å². The highest BCUT2D eigenvalue weighted by Gasteiger charge is 2.21. The summed E-state index contributed by atoms with van der Waals surface area (Å²) in [4.78, 5) is 31.6. The Kier molecular flexibility index (Phi) is 8.82. The minimum Gasteiger partial charge on any atom is -0.379 e. The van der Waals surface area contributed by atoms with Gasteiger partial charge in [0, 0.05) is 91.6 Å². The Hall–Kier alpha value is -2.38. The van der Waals surface area contributed by atoms with Crippen LogP contribution in [0.25, 0.3) is 11.2 Å². The van der Waals surface area contributed by atoms with Gasteiger partial charge in [0.25, 0.3) is 0 Å². The van der Waals surface area contributed by atoms with E-state index in [4.69, 9.17) is 24.7 Å². The second-order valence-corrected chi connectivity index (χ2v) is 10.4. The summed E-state index contributed by atoms with van der Waals surface area (Å²) in [5, 5.41) is 7.08. The summed E-state index contributed by atoms with van der Waals surface area (Å²) in [6.07, 6.45) is 0. The number of rotatable bonds is 9. The lowest BCUT2D eigenvalue weighted by Crippen LogP contribution is -2.46. The lowest BCUT2D eigenvalue weighted by Gasteiger charge is -2.33. The molecule has 37 heavy (non-hydrogen) atoms. The third-order valence-corrected chi connectivity index (χ3v) is 7.62. The second kappa shape index (κ2) is 12.4. The van der Waals surface area contributed by atoms with Gasteiger partial charge in [0.1, 0.15) is 5.82 Å². The molecule has 204 valence electrons. The van der Waals surface area contributed by atoms with Crippen LogP contribution in [0.3, 0.4) is 0 Å². The minimum atomic E-state index is 0.644. The molecule has 0 saturated carbocycles. The Bertz CT molecular complexity index is 1020. The van der Waals surface area contributed by atoms with Gasteiger partial charge in [0.05, 0.1) is 18.9 Å². The van der Waals surface area contributed by atoms with Crippen molar-refractivity contribution in [3.8, 4) is 0 Å². The van der Waals surface area contributed by atoms with Crippen molar-refractivity contribution in [2.45, 2.75) is 6.92 Å². The molecule has 0 aliphatic carbocycles. The summed E-state index contributed by atoms with van der Waals surface area (Å²) in [6, 6.07) is 0. The van der Waals surface area contributed by atoms with Crippen molar-refractivity contribution >= 4 is 28.7 Å². The number of hydrogen-bond acceptors (Lipinski definition) is 12. The van der Waals surface area contributed by atoms with Crippen molar-refractivity contribution in [3.05, 3.63) is 5.69 Å². The van der Waals surface area contributed by atoms with E-state index in [0.717, 1.165) is 134 Å². The van der Waals surface area contributed by atoms with E-state index in [1.165, 1.54) is 0 Å². The van der Waals surface area contributed by atoms with E-state index in [2.05, 4.69) is 49.2 Å². The highest BCUT2D eigenvalue weighted by molar-refractivity contribution is 5.85. The van der Waals surface area contributed by atoms with E-state index in [9.17, 15) is 0 Å². The third-order valence-electron chi connectivity index (χ3n) is 7.62. The van der Waals surface area contributed by atoms with Crippen LogP contribution < -0.4 is 15.5 Å². The van der Waals surface area contributed by atoms with Crippen molar-refractivity contribution in [1.82, 2.24) is 39.5 Å². The zero-order valence-corrected chi connectivity index (χ0v) is 22.7. The molecule has 0 spiro atoms. The normalized spacial score (nSPS) is 21.0. The summed E-state index contributed by atoms with van der Waals surface area (Å²) < 4.78 is 5.46. The Morgan fingerprint density at radius 1 is 0.676 bits per heavy atom. The van der Waals surface area contributed by atoms with Gasteiger partial charge in [-0.15, -0.1) is 0 Å². The molecule has 0 bridgehead atoms. The number of morpholine rings is 1.